The predicted molar refractivity (Wildman–Crippen MR) is 95.9 cm³/mol. The molecule has 0 aliphatic carbocycles. The van der Waals surface area contributed by atoms with Crippen molar-refractivity contribution in [3.8, 4) is 6.07 Å². The zero-order chi connectivity index (χ0) is 16.8. The maximum atomic E-state index is 12.4. The fourth-order valence-corrected chi connectivity index (χ4v) is 3.60. The Balaban J connectivity index is 1.47. The summed E-state index contributed by atoms with van der Waals surface area (Å²) in [5, 5.41) is 11.7. The Morgan fingerprint density at radius 3 is 2.42 bits per heavy atom. The summed E-state index contributed by atoms with van der Waals surface area (Å²) in [5.74, 6) is 0.213. The van der Waals surface area contributed by atoms with Gasteiger partial charge in [-0.1, -0.05) is 0 Å². The quantitative estimate of drug-likeness (QED) is 0.904. The van der Waals surface area contributed by atoms with Crippen molar-refractivity contribution in [1.29, 1.82) is 5.26 Å². The van der Waals surface area contributed by atoms with Crippen LogP contribution in [0.3, 0.4) is 0 Å². The molecule has 2 aliphatic heterocycles. The number of likely N-dealkylation sites (tertiary alicyclic amines) is 1. The molecule has 128 valence electrons. The van der Waals surface area contributed by atoms with Gasteiger partial charge < -0.3 is 15.1 Å². The van der Waals surface area contributed by atoms with E-state index in [2.05, 4.69) is 33.3 Å². The van der Waals surface area contributed by atoms with Gasteiger partial charge in [0.05, 0.1) is 6.07 Å². The van der Waals surface area contributed by atoms with Crippen LogP contribution >= 0.6 is 0 Å². The largest absolute Gasteiger partial charge is 0.372 e. The molecule has 0 unspecified atom stereocenters. The fourth-order valence-electron chi connectivity index (χ4n) is 3.60. The molecular formula is C19H26N4O. The number of hydrogen-bond acceptors (Lipinski definition) is 4. The first-order valence-corrected chi connectivity index (χ1v) is 9.01. The molecule has 0 aromatic heterocycles. The highest BCUT2D eigenvalue weighted by atomic mass is 16.1. The van der Waals surface area contributed by atoms with Crippen LogP contribution in [0, 0.1) is 17.2 Å². The first-order chi connectivity index (χ1) is 11.8. The average Bonchev–Trinajstić information content (AvgIpc) is 3.15. The molecule has 1 amide bonds. The smallest absolute Gasteiger partial charge is 0.227 e. The second-order valence-corrected chi connectivity index (χ2v) is 6.75. The minimum atomic E-state index is 0.0848. The summed E-state index contributed by atoms with van der Waals surface area (Å²) in [6.45, 7) is 4.91. The first kappa shape index (κ1) is 16.8. The Morgan fingerprint density at radius 1 is 1.12 bits per heavy atom. The average molecular weight is 326 g/mol. The second kappa shape index (κ2) is 8.16. The molecule has 2 heterocycles. The Labute approximate surface area is 144 Å². The molecular weight excluding hydrogens is 300 g/mol. The van der Waals surface area contributed by atoms with Gasteiger partial charge in [-0.25, -0.2) is 0 Å². The third kappa shape index (κ3) is 4.27. The van der Waals surface area contributed by atoms with Gasteiger partial charge in [-0.05, 0) is 63.0 Å². The Hall–Kier alpha value is -2.06. The summed E-state index contributed by atoms with van der Waals surface area (Å²) >= 11 is 0. The van der Waals surface area contributed by atoms with Crippen LogP contribution in [0.15, 0.2) is 24.3 Å². The maximum Gasteiger partial charge on any atom is 0.227 e. The van der Waals surface area contributed by atoms with Crippen molar-refractivity contribution >= 4 is 17.3 Å². The fraction of sp³-hybridized carbons (Fsp3) is 0.579. The number of anilines is 2. The lowest BCUT2D eigenvalue weighted by molar-refractivity contribution is -0.121. The highest BCUT2D eigenvalue weighted by Crippen LogP contribution is 2.23. The predicted octanol–water partition coefficient (Wildman–Crippen LogP) is 2.85. The summed E-state index contributed by atoms with van der Waals surface area (Å²) < 4.78 is 0. The number of rotatable bonds is 5. The van der Waals surface area contributed by atoms with E-state index < -0.39 is 0 Å². The minimum absolute atomic E-state index is 0.0848. The van der Waals surface area contributed by atoms with Gasteiger partial charge in [0.2, 0.25) is 5.91 Å². The number of nitrogens with zero attached hydrogens (tertiary/aromatic N) is 3. The molecule has 5 nitrogen and oxygen atoms in total. The standard InChI is InChI=1S/C19H26N4O/c20-10-3-11-22-14-8-16(9-15-22)19(24)21-17-4-6-18(7-5-17)23-12-1-2-13-23/h4-7,16H,1-3,8-9,11-15H2,(H,21,24). The molecule has 0 saturated carbocycles. The molecule has 2 fully saturated rings. The summed E-state index contributed by atoms with van der Waals surface area (Å²) in [6.07, 6.45) is 4.86. The third-order valence-electron chi connectivity index (χ3n) is 5.10. The van der Waals surface area contributed by atoms with Crippen LogP contribution in [0.5, 0.6) is 0 Å². The van der Waals surface area contributed by atoms with Gasteiger partial charge in [0.15, 0.2) is 0 Å². The summed E-state index contributed by atoms with van der Waals surface area (Å²) in [4.78, 5) is 17.1. The number of carbonyl (C=O) groups excluding carboxylic acids is 1. The molecule has 0 spiro atoms. The van der Waals surface area contributed by atoms with Crippen LogP contribution in [0.1, 0.15) is 32.1 Å². The number of carbonyl (C=O) groups is 1. The van der Waals surface area contributed by atoms with Crippen LogP contribution in [0.2, 0.25) is 0 Å². The number of piperidine rings is 1. The van der Waals surface area contributed by atoms with Crippen molar-refractivity contribution in [2.75, 3.05) is 42.9 Å². The Kier molecular flexibility index (Phi) is 5.71. The van der Waals surface area contributed by atoms with Crippen LogP contribution < -0.4 is 10.2 Å². The number of nitriles is 1. The van der Waals surface area contributed by atoms with Crippen molar-refractivity contribution in [1.82, 2.24) is 4.90 Å². The van der Waals surface area contributed by atoms with Crippen molar-refractivity contribution in [2.45, 2.75) is 32.1 Å². The molecule has 1 aromatic carbocycles. The third-order valence-corrected chi connectivity index (χ3v) is 5.10. The van der Waals surface area contributed by atoms with Gasteiger partial charge in [-0.2, -0.15) is 5.26 Å². The van der Waals surface area contributed by atoms with Crippen LogP contribution in [-0.2, 0) is 4.79 Å². The van der Waals surface area contributed by atoms with E-state index >= 15 is 0 Å². The number of benzene rings is 1. The molecule has 0 atom stereocenters. The molecule has 24 heavy (non-hydrogen) atoms. The molecule has 2 aliphatic rings. The van der Waals surface area contributed by atoms with Crippen LogP contribution in [0.4, 0.5) is 11.4 Å². The van der Waals surface area contributed by atoms with E-state index in [9.17, 15) is 4.79 Å². The van der Waals surface area contributed by atoms with Gasteiger partial charge in [0.1, 0.15) is 0 Å². The van der Waals surface area contributed by atoms with Gasteiger partial charge >= 0.3 is 0 Å². The normalized spacial score (nSPS) is 19.2. The lowest BCUT2D eigenvalue weighted by atomic mass is 9.95. The van der Waals surface area contributed by atoms with E-state index in [1.807, 2.05) is 12.1 Å². The van der Waals surface area contributed by atoms with Gasteiger partial charge in [0, 0.05) is 43.3 Å². The SMILES string of the molecule is N#CCCN1CCC(C(=O)Nc2ccc(N3CCCC3)cc2)CC1. The van der Waals surface area contributed by atoms with Crippen LogP contribution in [0.25, 0.3) is 0 Å². The lowest BCUT2D eigenvalue weighted by Gasteiger charge is -2.30. The topological polar surface area (TPSA) is 59.4 Å². The number of amides is 1. The second-order valence-electron chi connectivity index (χ2n) is 6.75. The van der Waals surface area contributed by atoms with Gasteiger partial charge in [-0.15, -0.1) is 0 Å². The highest BCUT2D eigenvalue weighted by molar-refractivity contribution is 5.92. The van der Waals surface area contributed by atoms with E-state index in [4.69, 9.17) is 5.26 Å². The van der Waals surface area contributed by atoms with Crippen molar-refractivity contribution < 1.29 is 4.79 Å². The zero-order valence-corrected chi connectivity index (χ0v) is 14.2. The summed E-state index contributed by atoms with van der Waals surface area (Å²) in [6, 6.07) is 10.4. The Bertz CT molecular complexity index is 578. The molecule has 0 bridgehead atoms. The van der Waals surface area contributed by atoms with E-state index in [1.54, 1.807) is 0 Å². The minimum Gasteiger partial charge on any atom is -0.372 e. The van der Waals surface area contributed by atoms with E-state index in [0.717, 1.165) is 51.3 Å². The van der Waals surface area contributed by atoms with Crippen LogP contribution in [-0.4, -0.2) is 43.5 Å². The van der Waals surface area contributed by atoms with E-state index in [1.165, 1.54) is 18.5 Å². The number of hydrogen-bond donors (Lipinski definition) is 1. The Morgan fingerprint density at radius 2 is 1.79 bits per heavy atom. The number of nitrogens with one attached hydrogen (secondary N) is 1. The highest BCUT2D eigenvalue weighted by Gasteiger charge is 2.24. The maximum absolute atomic E-state index is 12.4. The van der Waals surface area contributed by atoms with Crippen molar-refractivity contribution in [2.24, 2.45) is 5.92 Å². The monoisotopic (exact) mass is 326 g/mol. The van der Waals surface area contributed by atoms with Crippen molar-refractivity contribution in [3.63, 3.8) is 0 Å². The van der Waals surface area contributed by atoms with Gasteiger partial charge in [-0.3, -0.25) is 4.79 Å². The van der Waals surface area contributed by atoms with E-state index in [-0.39, 0.29) is 11.8 Å². The summed E-state index contributed by atoms with van der Waals surface area (Å²) in [5.41, 5.74) is 2.13. The van der Waals surface area contributed by atoms with Crippen molar-refractivity contribution in [3.05, 3.63) is 24.3 Å². The van der Waals surface area contributed by atoms with Gasteiger partial charge in [0.25, 0.3) is 0 Å². The van der Waals surface area contributed by atoms with E-state index in [0.29, 0.717) is 6.42 Å². The molecule has 2 saturated heterocycles. The molecule has 1 aromatic rings. The molecule has 3 rings (SSSR count). The zero-order valence-electron chi connectivity index (χ0n) is 14.2. The summed E-state index contributed by atoms with van der Waals surface area (Å²) in [7, 11) is 0. The first-order valence-electron chi connectivity index (χ1n) is 9.01. The molecule has 0 radical (unpaired) electrons. The lowest BCUT2D eigenvalue weighted by Crippen LogP contribution is -2.38. The molecule has 5 heteroatoms. The molecule has 1 N–H and O–H groups in total.